The van der Waals surface area contributed by atoms with E-state index >= 15 is 0 Å². The number of amides is 1. The van der Waals surface area contributed by atoms with Gasteiger partial charge in [-0.1, -0.05) is 24.3 Å². The summed E-state index contributed by atoms with van der Waals surface area (Å²) in [6.45, 7) is 0.554. The highest BCUT2D eigenvalue weighted by Gasteiger charge is 2.13. The van der Waals surface area contributed by atoms with Crippen LogP contribution in [0.3, 0.4) is 0 Å². The lowest BCUT2D eigenvalue weighted by Crippen LogP contribution is -2.25. The van der Waals surface area contributed by atoms with E-state index in [-0.39, 0.29) is 5.91 Å². The van der Waals surface area contributed by atoms with Gasteiger partial charge >= 0.3 is 0 Å². The van der Waals surface area contributed by atoms with Crippen molar-refractivity contribution in [2.24, 2.45) is 0 Å². The molecule has 0 aliphatic heterocycles. The summed E-state index contributed by atoms with van der Waals surface area (Å²) in [4.78, 5) is 20.2. The number of rotatable bonds is 7. The Labute approximate surface area is 162 Å². The first-order chi connectivity index (χ1) is 13.7. The van der Waals surface area contributed by atoms with Crippen LogP contribution in [-0.2, 0) is 6.42 Å². The van der Waals surface area contributed by atoms with Crippen LogP contribution in [0.1, 0.15) is 22.7 Å². The quantitative estimate of drug-likeness (QED) is 0.432. The predicted molar refractivity (Wildman–Crippen MR) is 107 cm³/mol. The standard InChI is InChI=1S/C21H21N5O2/c1-28-19-10-5-2-7-14(19)17-13-18(26-25-17)21(27)22-12-6-11-20-23-15-8-3-4-9-16(15)24-20/h2-5,7-10,13H,6,11-12H2,1H3,(H,22,27)(H,23,24)(H,25,26). The largest absolute Gasteiger partial charge is 0.496 e. The van der Waals surface area contributed by atoms with Crippen molar-refractivity contribution in [1.29, 1.82) is 0 Å². The summed E-state index contributed by atoms with van der Waals surface area (Å²) in [5.74, 6) is 1.46. The van der Waals surface area contributed by atoms with Crippen molar-refractivity contribution >= 4 is 16.9 Å². The Morgan fingerprint density at radius 3 is 2.82 bits per heavy atom. The second-order valence-electron chi connectivity index (χ2n) is 6.43. The average molecular weight is 375 g/mol. The highest BCUT2D eigenvalue weighted by Crippen LogP contribution is 2.28. The van der Waals surface area contributed by atoms with Crippen LogP contribution >= 0.6 is 0 Å². The first kappa shape index (κ1) is 17.8. The van der Waals surface area contributed by atoms with Gasteiger partial charge in [0, 0.05) is 18.5 Å². The number of methoxy groups -OCH3 is 1. The lowest BCUT2D eigenvalue weighted by atomic mass is 10.1. The van der Waals surface area contributed by atoms with Crippen LogP contribution in [-0.4, -0.2) is 39.7 Å². The fraction of sp³-hybridized carbons (Fsp3) is 0.190. The number of ether oxygens (including phenoxy) is 1. The van der Waals surface area contributed by atoms with E-state index < -0.39 is 0 Å². The summed E-state index contributed by atoms with van der Waals surface area (Å²) < 4.78 is 5.35. The van der Waals surface area contributed by atoms with E-state index in [9.17, 15) is 4.79 Å². The molecule has 28 heavy (non-hydrogen) atoms. The van der Waals surface area contributed by atoms with Gasteiger partial charge < -0.3 is 15.0 Å². The highest BCUT2D eigenvalue weighted by atomic mass is 16.5. The summed E-state index contributed by atoms with van der Waals surface area (Å²) in [5.41, 5.74) is 3.92. The molecule has 7 heteroatoms. The van der Waals surface area contributed by atoms with E-state index in [0.717, 1.165) is 35.3 Å². The number of hydrogen-bond acceptors (Lipinski definition) is 4. The second kappa shape index (κ2) is 7.96. The topological polar surface area (TPSA) is 95.7 Å². The molecule has 0 unspecified atom stereocenters. The molecule has 7 nitrogen and oxygen atoms in total. The molecule has 0 saturated carbocycles. The predicted octanol–water partition coefficient (Wildman–Crippen LogP) is 3.32. The lowest BCUT2D eigenvalue weighted by molar-refractivity contribution is 0.0948. The zero-order valence-corrected chi connectivity index (χ0v) is 15.5. The van der Waals surface area contributed by atoms with Gasteiger partial charge in [-0.15, -0.1) is 0 Å². The summed E-state index contributed by atoms with van der Waals surface area (Å²) in [7, 11) is 1.61. The minimum absolute atomic E-state index is 0.182. The minimum atomic E-state index is -0.182. The molecule has 0 radical (unpaired) electrons. The molecular formula is C21H21N5O2. The van der Waals surface area contributed by atoms with Gasteiger partial charge in [0.15, 0.2) is 0 Å². The summed E-state index contributed by atoms with van der Waals surface area (Å²) in [6.07, 6.45) is 1.56. The van der Waals surface area contributed by atoms with Crippen molar-refractivity contribution in [3.8, 4) is 17.0 Å². The lowest BCUT2D eigenvalue weighted by Gasteiger charge is -2.04. The SMILES string of the molecule is COc1ccccc1-c1cc(C(=O)NCCCc2nc3ccccc3[nH]2)[nH]n1. The van der Waals surface area contributed by atoms with Crippen LogP contribution in [0.4, 0.5) is 0 Å². The van der Waals surface area contributed by atoms with Crippen LogP contribution < -0.4 is 10.1 Å². The Morgan fingerprint density at radius 1 is 1.14 bits per heavy atom. The van der Waals surface area contributed by atoms with Crippen LogP contribution in [0.15, 0.2) is 54.6 Å². The number of H-pyrrole nitrogens is 2. The Kier molecular flexibility index (Phi) is 5.05. The number of aryl methyl sites for hydroxylation is 1. The van der Waals surface area contributed by atoms with Crippen LogP contribution in [0.2, 0.25) is 0 Å². The van der Waals surface area contributed by atoms with E-state index in [0.29, 0.717) is 23.7 Å². The van der Waals surface area contributed by atoms with E-state index in [4.69, 9.17) is 4.74 Å². The number of benzene rings is 2. The van der Waals surface area contributed by atoms with Crippen molar-refractivity contribution in [1.82, 2.24) is 25.5 Å². The normalized spacial score (nSPS) is 10.9. The molecule has 4 rings (SSSR count). The Bertz CT molecular complexity index is 1070. The minimum Gasteiger partial charge on any atom is -0.496 e. The third-order valence-electron chi connectivity index (χ3n) is 4.52. The molecule has 0 spiro atoms. The molecule has 0 atom stereocenters. The van der Waals surface area contributed by atoms with Crippen LogP contribution in [0.5, 0.6) is 5.75 Å². The third-order valence-corrected chi connectivity index (χ3v) is 4.52. The highest BCUT2D eigenvalue weighted by molar-refractivity contribution is 5.93. The summed E-state index contributed by atoms with van der Waals surface area (Å²) in [6, 6.07) is 17.2. The van der Waals surface area contributed by atoms with Gasteiger partial charge in [0.05, 0.1) is 23.8 Å². The van der Waals surface area contributed by atoms with Crippen molar-refractivity contribution in [3.63, 3.8) is 0 Å². The fourth-order valence-electron chi connectivity index (χ4n) is 3.11. The van der Waals surface area contributed by atoms with Crippen molar-refractivity contribution in [2.75, 3.05) is 13.7 Å². The third kappa shape index (κ3) is 3.73. The van der Waals surface area contributed by atoms with Gasteiger partial charge in [0.2, 0.25) is 0 Å². The number of carbonyl (C=O) groups excluding carboxylic acids is 1. The van der Waals surface area contributed by atoms with Crippen molar-refractivity contribution < 1.29 is 9.53 Å². The Balaban J connectivity index is 1.32. The van der Waals surface area contributed by atoms with Gasteiger partial charge in [-0.3, -0.25) is 9.89 Å². The number of carbonyl (C=O) groups is 1. The molecule has 2 heterocycles. The van der Waals surface area contributed by atoms with E-state index in [2.05, 4.69) is 25.5 Å². The second-order valence-corrected chi connectivity index (χ2v) is 6.43. The molecule has 0 aliphatic rings. The maximum atomic E-state index is 12.4. The van der Waals surface area contributed by atoms with Crippen LogP contribution in [0.25, 0.3) is 22.3 Å². The zero-order chi connectivity index (χ0) is 19.3. The van der Waals surface area contributed by atoms with Gasteiger partial charge in [-0.25, -0.2) is 4.98 Å². The molecule has 142 valence electrons. The van der Waals surface area contributed by atoms with E-state index in [1.165, 1.54) is 0 Å². The number of para-hydroxylation sites is 3. The molecule has 2 aromatic heterocycles. The molecule has 0 bridgehead atoms. The number of nitrogens with zero attached hydrogens (tertiary/aromatic N) is 2. The zero-order valence-electron chi connectivity index (χ0n) is 15.5. The molecule has 0 aliphatic carbocycles. The molecule has 1 amide bonds. The summed E-state index contributed by atoms with van der Waals surface area (Å²) in [5, 5.41) is 9.94. The van der Waals surface area contributed by atoms with Gasteiger partial charge in [0.1, 0.15) is 17.3 Å². The maximum absolute atomic E-state index is 12.4. The first-order valence-corrected chi connectivity index (χ1v) is 9.15. The number of fused-ring (bicyclic) bond motifs is 1. The number of imidazole rings is 1. The van der Waals surface area contributed by atoms with Gasteiger partial charge in [-0.2, -0.15) is 5.10 Å². The van der Waals surface area contributed by atoms with Crippen molar-refractivity contribution in [3.05, 3.63) is 66.1 Å². The molecule has 3 N–H and O–H groups in total. The average Bonchev–Trinajstić information content (AvgIpc) is 3.38. The number of hydrogen-bond donors (Lipinski definition) is 3. The number of nitrogens with one attached hydrogen (secondary N) is 3. The fourth-order valence-corrected chi connectivity index (χ4v) is 3.11. The molecule has 0 fully saturated rings. The Hall–Kier alpha value is -3.61. The maximum Gasteiger partial charge on any atom is 0.269 e. The molecule has 0 saturated heterocycles. The number of aromatic amines is 2. The molecule has 4 aromatic rings. The van der Waals surface area contributed by atoms with E-state index in [1.807, 2.05) is 48.5 Å². The molecule has 2 aromatic carbocycles. The van der Waals surface area contributed by atoms with Crippen molar-refractivity contribution in [2.45, 2.75) is 12.8 Å². The van der Waals surface area contributed by atoms with Gasteiger partial charge in [-0.05, 0) is 36.8 Å². The van der Waals surface area contributed by atoms with Gasteiger partial charge in [0.25, 0.3) is 5.91 Å². The Morgan fingerprint density at radius 2 is 1.96 bits per heavy atom. The molecular weight excluding hydrogens is 354 g/mol. The van der Waals surface area contributed by atoms with E-state index in [1.54, 1.807) is 13.2 Å². The number of aromatic nitrogens is 4. The van der Waals surface area contributed by atoms with Crippen LogP contribution in [0, 0.1) is 0 Å². The summed E-state index contributed by atoms with van der Waals surface area (Å²) >= 11 is 0. The monoisotopic (exact) mass is 375 g/mol. The smallest absolute Gasteiger partial charge is 0.269 e. The first-order valence-electron chi connectivity index (χ1n) is 9.15.